The minimum atomic E-state index is 0.327. The van der Waals surface area contributed by atoms with Gasteiger partial charge >= 0.3 is 0 Å². The first-order chi connectivity index (χ1) is 8.38. The highest BCUT2D eigenvalue weighted by atomic mass is 15.2. The van der Waals surface area contributed by atoms with E-state index in [0.717, 1.165) is 12.2 Å². The smallest absolute Gasteiger partial charge is 0.141 e. The highest BCUT2D eigenvalue weighted by Crippen LogP contribution is 2.16. The minimum absolute atomic E-state index is 0.327. The van der Waals surface area contributed by atoms with Crippen LogP contribution >= 0.6 is 0 Å². The van der Waals surface area contributed by atoms with E-state index in [0.29, 0.717) is 6.04 Å². The van der Waals surface area contributed by atoms with Crippen LogP contribution in [0.4, 0.5) is 0 Å². The Morgan fingerprint density at radius 3 is 2.47 bits per heavy atom. The standard InChI is InChI=1S/C13H26N4/c1-3-4-5-6-7-8-9-10-12(14-2)13-15-11-16-17-13/h11-12,14H,3-10H2,1-2H3,(H,15,16,17). The predicted molar refractivity (Wildman–Crippen MR) is 70.8 cm³/mol. The van der Waals surface area contributed by atoms with Crippen LogP contribution in [0.25, 0.3) is 0 Å². The van der Waals surface area contributed by atoms with Gasteiger partial charge in [-0.25, -0.2) is 4.98 Å². The van der Waals surface area contributed by atoms with Crippen LogP contribution in [0.5, 0.6) is 0 Å². The van der Waals surface area contributed by atoms with Crippen molar-refractivity contribution < 1.29 is 0 Å². The Hall–Kier alpha value is -0.900. The molecule has 0 radical (unpaired) electrons. The molecule has 0 aliphatic carbocycles. The van der Waals surface area contributed by atoms with Gasteiger partial charge in [0.05, 0.1) is 6.04 Å². The second-order valence-electron chi connectivity index (χ2n) is 4.62. The predicted octanol–water partition coefficient (Wildman–Crippen LogP) is 3.21. The van der Waals surface area contributed by atoms with Gasteiger partial charge in [-0.1, -0.05) is 51.9 Å². The minimum Gasteiger partial charge on any atom is -0.310 e. The van der Waals surface area contributed by atoms with E-state index >= 15 is 0 Å². The monoisotopic (exact) mass is 238 g/mol. The molecular formula is C13H26N4. The molecule has 1 heterocycles. The lowest BCUT2D eigenvalue weighted by atomic mass is 10.0. The Labute approximate surface area is 105 Å². The fourth-order valence-electron chi connectivity index (χ4n) is 2.11. The zero-order valence-electron chi connectivity index (χ0n) is 11.2. The first-order valence-corrected chi connectivity index (χ1v) is 6.91. The van der Waals surface area contributed by atoms with Crippen LogP contribution in [0.15, 0.2) is 6.33 Å². The molecule has 0 amide bonds. The summed E-state index contributed by atoms with van der Waals surface area (Å²) in [5, 5.41) is 10.1. The second kappa shape index (κ2) is 9.16. The average Bonchev–Trinajstić information content (AvgIpc) is 2.86. The van der Waals surface area contributed by atoms with Crippen molar-refractivity contribution >= 4 is 0 Å². The fraction of sp³-hybridized carbons (Fsp3) is 0.846. The van der Waals surface area contributed by atoms with Gasteiger partial charge in [-0.15, -0.1) is 0 Å². The van der Waals surface area contributed by atoms with E-state index in [1.54, 1.807) is 6.33 Å². The Bertz CT molecular complexity index is 258. The summed E-state index contributed by atoms with van der Waals surface area (Å²) in [5.41, 5.74) is 0. The van der Waals surface area contributed by atoms with E-state index < -0.39 is 0 Å². The molecule has 0 bridgehead atoms. The SMILES string of the molecule is CCCCCCCCCC(NC)c1ncn[nH]1. The molecule has 4 heteroatoms. The molecule has 0 saturated heterocycles. The van der Waals surface area contributed by atoms with Crippen molar-refractivity contribution in [2.75, 3.05) is 7.05 Å². The summed E-state index contributed by atoms with van der Waals surface area (Å²) in [6.07, 6.45) is 12.2. The molecule has 1 aromatic rings. The van der Waals surface area contributed by atoms with Crippen LogP contribution < -0.4 is 5.32 Å². The maximum atomic E-state index is 4.20. The molecule has 0 spiro atoms. The van der Waals surface area contributed by atoms with Crippen LogP contribution in [0.3, 0.4) is 0 Å². The lowest BCUT2D eigenvalue weighted by Crippen LogP contribution is -2.17. The quantitative estimate of drug-likeness (QED) is 0.615. The average molecular weight is 238 g/mol. The van der Waals surface area contributed by atoms with E-state index in [4.69, 9.17) is 0 Å². The summed E-state index contributed by atoms with van der Waals surface area (Å²) in [7, 11) is 1.98. The van der Waals surface area contributed by atoms with Crippen LogP contribution in [0.2, 0.25) is 0 Å². The third-order valence-electron chi connectivity index (χ3n) is 3.21. The fourth-order valence-corrected chi connectivity index (χ4v) is 2.11. The molecule has 1 atom stereocenters. The van der Waals surface area contributed by atoms with Crippen molar-refractivity contribution in [1.29, 1.82) is 0 Å². The summed E-state index contributed by atoms with van der Waals surface area (Å²) >= 11 is 0. The topological polar surface area (TPSA) is 53.6 Å². The van der Waals surface area contributed by atoms with E-state index in [1.807, 2.05) is 7.05 Å². The van der Waals surface area contributed by atoms with Crippen molar-refractivity contribution in [3.05, 3.63) is 12.2 Å². The number of rotatable bonds is 10. The Kier molecular flexibility index (Phi) is 7.63. The van der Waals surface area contributed by atoms with E-state index in [9.17, 15) is 0 Å². The van der Waals surface area contributed by atoms with Crippen LogP contribution in [-0.4, -0.2) is 22.2 Å². The molecule has 2 N–H and O–H groups in total. The molecule has 1 rings (SSSR count). The number of nitrogens with one attached hydrogen (secondary N) is 2. The number of nitrogens with zero attached hydrogens (tertiary/aromatic N) is 2. The third kappa shape index (κ3) is 5.82. The molecule has 0 aliphatic rings. The van der Waals surface area contributed by atoms with Gasteiger partial charge in [0.1, 0.15) is 12.2 Å². The molecule has 1 aromatic heterocycles. The van der Waals surface area contributed by atoms with Gasteiger partial charge in [0.15, 0.2) is 0 Å². The van der Waals surface area contributed by atoms with Gasteiger partial charge in [-0.05, 0) is 13.5 Å². The zero-order chi connectivity index (χ0) is 12.3. The summed E-state index contributed by atoms with van der Waals surface area (Å²) in [4.78, 5) is 4.20. The Morgan fingerprint density at radius 1 is 1.18 bits per heavy atom. The van der Waals surface area contributed by atoms with E-state index in [2.05, 4.69) is 27.4 Å². The summed E-state index contributed by atoms with van der Waals surface area (Å²) < 4.78 is 0. The van der Waals surface area contributed by atoms with Crippen molar-refractivity contribution in [3.63, 3.8) is 0 Å². The van der Waals surface area contributed by atoms with Gasteiger partial charge in [0.25, 0.3) is 0 Å². The molecule has 0 aromatic carbocycles. The highest BCUT2D eigenvalue weighted by Gasteiger charge is 2.10. The Morgan fingerprint density at radius 2 is 1.88 bits per heavy atom. The molecule has 17 heavy (non-hydrogen) atoms. The largest absolute Gasteiger partial charge is 0.310 e. The normalized spacial score (nSPS) is 12.8. The molecule has 0 saturated carbocycles. The number of unbranched alkanes of at least 4 members (excludes halogenated alkanes) is 6. The molecule has 98 valence electrons. The van der Waals surface area contributed by atoms with Crippen molar-refractivity contribution in [2.45, 2.75) is 64.3 Å². The van der Waals surface area contributed by atoms with Crippen molar-refractivity contribution in [2.24, 2.45) is 0 Å². The number of hydrogen-bond acceptors (Lipinski definition) is 3. The van der Waals surface area contributed by atoms with Crippen molar-refractivity contribution in [3.8, 4) is 0 Å². The first-order valence-electron chi connectivity index (χ1n) is 6.91. The summed E-state index contributed by atoms with van der Waals surface area (Å²) in [6.45, 7) is 2.26. The molecular weight excluding hydrogens is 212 g/mol. The van der Waals surface area contributed by atoms with Crippen LogP contribution in [0.1, 0.15) is 70.2 Å². The number of H-pyrrole nitrogens is 1. The molecule has 4 nitrogen and oxygen atoms in total. The van der Waals surface area contributed by atoms with Gasteiger partial charge in [0, 0.05) is 0 Å². The summed E-state index contributed by atoms with van der Waals surface area (Å²) in [6, 6.07) is 0.327. The van der Waals surface area contributed by atoms with Crippen LogP contribution in [0, 0.1) is 0 Å². The summed E-state index contributed by atoms with van der Waals surface area (Å²) in [5.74, 6) is 0.957. The van der Waals surface area contributed by atoms with E-state index in [1.165, 1.54) is 44.9 Å². The van der Waals surface area contributed by atoms with Gasteiger partial charge in [0.2, 0.25) is 0 Å². The van der Waals surface area contributed by atoms with Gasteiger partial charge in [-0.2, -0.15) is 5.10 Å². The third-order valence-corrected chi connectivity index (χ3v) is 3.21. The van der Waals surface area contributed by atoms with Crippen LogP contribution in [-0.2, 0) is 0 Å². The van der Waals surface area contributed by atoms with Gasteiger partial charge in [-0.3, -0.25) is 5.10 Å². The van der Waals surface area contributed by atoms with Gasteiger partial charge < -0.3 is 5.32 Å². The first kappa shape index (κ1) is 14.2. The molecule has 1 unspecified atom stereocenters. The lowest BCUT2D eigenvalue weighted by Gasteiger charge is -2.12. The molecule has 0 aliphatic heterocycles. The maximum absolute atomic E-state index is 4.20. The van der Waals surface area contributed by atoms with Crippen molar-refractivity contribution in [1.82, 2.24) is 20.5 Å². The number of aromatic amines is 1. The second-order valence-corrected chi connectivity index (χ2v) is 4.62. The molecule has 0 fully saturated rings. The maximum Gasteiger partial charge on any atom is 0.141 e. The zero-order valence-corrected chi connectivity index (χ0v) is 11.2. The number of aromatic nitrogens is 3. The van der Waals surface area contributed by atoms with E-state index in [-0.39, 0.29) is 0 Å². The number of hydrogen-bond donors (Lipinski definition) is 2. The lowest BCUT2D eigenvalue weighted by molar-refractivity contribution is 0.479. The Balaban J connectivity index is 2.04. The highest BCUT2D eigenvalue weighted by molar-refractivity contribution is 4.90.